The Morgan fingerprint density at radius 3 is 2.12 bits per heavy atom. The Bertz CT molecular complexity index is 1490. The molecule has 0 aliphatic carbocycles. The van der Waals surface area contributed by atoms with Gasteiger partial charge in [-0.2, -0.15) is 4.31 Å². The zero-order valence-corrected chi connectivity index (χ0v) is 26.0. The number of nitrogens with one attached hydrogen (secondary N) is 1. The third kappa shape index (κ3) is 9.53. The molecule has 0 spiro atoms. The monoisotopic (exact) mass is 623 g/mol. The minimum absolute atomic E-state index is 0.0211. The molecule has 1 fully saturated rings. The number of sulfonamides is 1. The van der Waals surface area contributed by atoms with Crippen molar-refractivity contribution in [3.05, 3.63) is 59.7 Å². The lowest BCUT2D eigenvalue weighted by Gasteiger charge is -2.26. The highest BCUT2D eigenvalue weighted by atomic mass is 32.2. The van der Waals surface area contributed by atoms with E-state index < -0.39 is 56.0 Å². The number of sulfone groups is 1. The quantitative estimate of drug-likeness (QED) is 0.412. The fourth-order valence-electron chi connectivity index (χ4n) is 3.97. The highest BCUT2D eigenvalue weighted by molar-refractivity contribution is 7.91. The number of benzene rings is 2. The Hall–Kier alpha value is -3.49. The predicted molar refractivity (Wildman–Crippen MR) is 155 cm³/mol. The second-order valence-corrected chi connectivity index (χ2v) is 15.4. The summed E-state index contributed by atoms with van der Waals surface area (Å²) in [5.74, 6) is -1.41. The van der Waals surface area contributed by atoms with Crippen molar-refractivity contribution in [2.45, 2.75) is 50.7 Å². The van der Waals surface area contributed by atoms with Crippen LogP contribution in [0.3, 0.4) is 0 Å². The van der Waals surface area contributed by atoms with Crippen LogP contribution >= 0.6 is 0 Å². The van der Waals surface area contributed by atoms with E-state index in [1.54, 1.807) is 45.0 Å². The largest absolute Gasteiger partial charge is 0.458 e. The fraction of sp³-hybridized carbons (Fsp3) is 0.464. The van der Waals surface area contributed by atoms with Crippen molar-refractivity contribution in [1.82, 2.24) is 14.5 Å². The third-order valence-corrected chi connectivity index (χ3v) is 9.72. The van der Waals surface area contributed by atoms with Gasteiger partial charge < -0.3 is 19.7 Å². The van der Waals surface area contributed by atoms with E-state index in [4.69, 9.17) is 9.47 Å². The first kappa shape index (κ1) is 33.0. The fourth-order valence-corrected chi connectivity index (χ4v) is 6.30. The van der Waals surface area contributed by atoms with E-state index in [-0.39, 0.29) is 41.7 Å². The highest BCUT2D eigenvalue weighted by Gasteiger charge is 2.30. The first-order valence-corrected chi connectivity index (χ1v) is 16.5. The van der Waals surface area contributed by atoms with Gasteiger partial charge in [-0.15, -0.1) is 0 Å². The van der Waals surface area contributed by atoms with Crippen molar-refractivity contribution in [3.8, 4) is 5.75 Å². The lowest BCUT2D eigenvalue weighted by Crippen LogP contribution is -2.48. The number of nitrogens with zero attached hydrogens (tertiary/aromatic N) is 2. The van der Waals surface area contributed by atoms with Crippen LogP contribution in [0.1, 0.15) is 31.9 Å². The van der Waals surface area contributed by atoms with Gasteiger partial charge in [0.05, 0.1) is 22.9 Å². The average Bonchev–Trinajstić information content (AvgIpc) is 2.88. The number of likely N-dealkylation sites (N-methyl/N-ethyl adjacent to an activating group) is 1. The Kier molecular flexibility index (Phi) is 10.4. The van der Waals surface area contributed by atoms with Crippen molar-refractivity contribution >= 4 is 37.8 Å². The average molecular weight is 624 g/mol. The van der Waals surface area contributed by atoms with E-state index in [0.717, 1.165) is 9.87 Å². The molecule has 1 N–H and O–H groups in total. The van der Waals surface area contributed by atoms with E-state index in [0.29, 0.717) is 5.56 Å². The molecule has 0 bridgehead atoms. The molecular weight excluding hydrogens is 586 g/mol. The topological polar surface area (TPSA) is 156 Å². The molecule has 1 aliphatic rings. The molecule has 2 aromatic rings. The van der Waals surface area contributed by atoms with Crippen LogP contribution in [0.25, 0.3) is 0 Å². The molecule has 0 aromatic heterocycles. The Labute approximate surface area is 246 Å². The Morgan fingerprint density at radius 1 is 1.00 bits per heavy atom. The van der Waals surface area contributed by atoms with E-state index in [9.17, 15) is 31.2 Å². The van der Waals surface area contributed by atoms with Gasteiger partial charge >= 0.3 is 12.1 Å². The van der Waals surface area contributed by atoms with Crippen molar-refractivity contribution in [3.63, 3.8) is 0 Å². The van der Waals surface area contributed by atoms with Gasteiger partial charge in [0.15, 0.2) is 9.84 Å². The molecule has 1 atom stereocenters. The maximum absolute atomic E-state index is 13.0. The van der Waals surface area contributed by atoms with Crippen molar-refractivity contribution < 1.29 is 40.7 Å². The molecule has 2 amide bonds. The number of esters is 1. The maximum atomic E-state index is 13.0. The summed E-state index contributed by atoms with van der Waals surface area (Å²) in [6.45, 7) is 6.47. The normalized spacial score (nSPS) is 16.0. The third-order valence-electron chi connectivity index (χ3n) is 6.29. The summed E-state index contributed by atoms with van der Waals surface area (Å²) in [5, 5.41) is 2.59. The van der Waals surface area contributed by atoms with Gasteiger partial charge in [0.25, 0.3) is 0 Å². The minimum Gasteiger partial charge on any atom is -0.458 e. The number of carbonyl (C=O) groups is 3. The van der Waals surface area contributed by atoms with Gasteiger partial charge in [-0.05, 0) is 57.5 Å². The standard InChI is InChI=1S/C28H37N3O9S2/c1-20-6-12-23(13-7-20)42(37,38)30(5)19-25(32)29-24(26(33)40-28(2,3)4)18-21-8-10-22(11-9-21)39-27(34)31-14-16-41(35,36)17-15-31/h6-13,24H,14-19H2,1-5H3,(H,29,32)/t24-/m0/s1. The second kappa shape index (κ2) is 13.2. The van der Waals surface area contributed by atoms with Gasteiger partial charge in [-0.25, -0.2) is 26.4 Å². The van der Waals surface area contributed by atoms with Gasteiger partial charge in [-0.1, -0.05) is 29.8 Å². The van der Waals surface area contributed by atoms with Crippen LogP contribution in [-0.4, -0.2) is 93.8 Å². The molecule has 3 rings (SSSR count). The number of ether oxygens (including phenoxy) is 2. The second-order valence-electron chi connectivity index (χ2n) is 11.1. The number of rotatable bonds is 9. The predicted octanol–water partition coefficient (Wildman–Crippen LogP) is 1.91. The first-order chi connectivity index (χ1) is 19.4. The number of aryl methyl sites for hydroxylation is 1. The van der Waals surface area contributed by atoms with Crippen molar-refractivity contribution in [2.24, 2.45) is 0 Å². The van der Waals surface area contributed by atoms with Crippen molar-refractivity contribution in [2.75, 3.05) is 38.2 Å². The van der Waals surface area contributed by atoms with E-state index in [1.807, 2.05) is 6.92 Å². The zero-order valence-electron chi connectivity index (χ0n) is 24.3. The maximum Gasteiger partial charge on any atom is 0.415 e. The van der Waals surface area contributed by atoms with Crippen LogP contribution < -0.4 is 10.1 Å². The summed E-state index contributed by atoms with van der Waals surface area (Å²) in [4.78, 5) is 39.6. The van der Waals surface area contributed by atoms with Crippen LogP contribution in [0.5, 0.6) is 5.75 Å². The Morgan fingerprint density at radius 2 is 1.57 bits per heavy atom. The van der Waals surface area contributed by atoms with Crippen LogP contribution in [-0.2, 0) is 40.6 Å². The number of carbonyl (C=O) groups excluding carboxylic acids is 3. The van der Waals surface area contributed by atoms with Crippen LogP contribution in [0.4, 0.5) is 4.79 Å². The molecule has 1 saturated heterocycles. The molecule has 230 valence electrons. The number of amides is 2. The summed E-state index contributed by atoms with van der Waals surface area (Å²) in [6.07, 6.45) is -0.644. The number of hydrogen-bond acceptors (Lipinski definition) is 9. The molecule has 12 nitrogen and oxygen atoms in total. The summed E-state index contributed by atoms with van der Waals surface area (Å²) in [5.41, 5.74) is 0.660. The van der Waals surface area contributed by atoms with Gasteiger partial charge in [-0.3, -0.25) is 4.79 Å². The van der Waals surface area contributed by atoms with Gasteiger partial charge in [0.2, 0.25) is 15.9 Å². The summed E-state index contributed by atoms with van der Waals surface area (Å²) in [6, 6.07) is 11.4. The lowest BCUT2D eigenvalue weighted by molar-refractivity contribution is -0.158. The van der Waals surface area contributed by atoms with Gasteiger partial charge in [0, 0.05) is 26.6 Å². The van der Waals surface area contributed by atoms with Crippen LogP contribution in [0.2, 0.25) is 0 Å². The van der Waals surface area contributed by atoms with Crippen LogP contribution in [0.15, 0.2) is 53.4 Å². The lowest BCUT2D eigenvalue weighted by atomic mass is 10.1. The summed E-state index contributed by atoms with van der Waals surface area (Å²) >= 11 is 0. The van der Waals surface area contributed by atoms with Crippen LogP contribution in [0, 0.1) is 6.92 Å². The molecule has 2 aromatic carbocycles. The molecule has 0 unspecified atom stereocenters. The van der Waals surface area contributed by atoms with Crippen molar-refractivity contribution in [1.29, 1.82) is 0 Å². The molecule has 1 heterocycles. The smallest absolute Gasteiger partial charge is 0.415 e. The number of hydrogen-bond donors (Lipinski definition) is 1. The molecule has 0 saturated carbocycles. The minimum atomic E-state index is -3.94. The molecule has 0 radical (unpaired) electrons. The summed E-state index contributed by atoms with van der Waals surface area (Å²) in [7, 11) is -5.81. The van der Waals surface area contributed by atoms with E-state index in [2.05, 4.69) is 5.32 Å². The first-order valence-electron chi connectivity index (χ1n) is 13.3. The highest BCUT2D eigenvalue weighted by Crippen LogP contribution is 2.18. The SMILES string of the molecule is Cc1ccc(S(=O)(=O)N(C)CC(=O)N[C@@H](Cc2ccc(OC(=O)N3CCS(=O)(=O)CC3)cc2)C(=O)OC(C)(C)C)cc1. The molecule has 42 heavy (non-hydrogen) atoms. The summed E-state index contributed by atoms with van der Waals surface area (Å²) < 4.78 is 60.7. The van der Waals surface area contributed by atoms with E-state index >= 15 is 0 Å². The molecule has 1 aliphatic heterocycles. The van der Waals surface area contributed by atoms with E-state index in [1.165, 1.54) is 36.2 Å². The zero-order chi connectivity index (χ0) is 31.3. The molecular formula is C28H37N3O9S2. The Balaban J connectivity index is 1.67. The van der Waals surface area contributed by atoms with Gasteiger partial charge in [0.1, 0.15) is 17.4 Å². The molecule has 14 heteroatoms.